The van der Waals surface area contributed by atoms with Crippen LogP contribution in [0.15, 0.2) is 0 Å². The zero-order valence-corrected chi connectivity index (χ0v) is 17.9. The second-order valence-electron chi connectivity index (χ2n) is 10.3. The first-order valence-corrected chi connectivity index (χ1v) is 11.1. The molecule has 3 aliphatic rings. The normalized spacial score (nSPS) is 32.2. The Balaban J connectivity index is 1.97. The van der Waals surface area contributed by atoms with Crippen LogP contribution in [0.2, 0.25) is 0 Å². The van der Waals surface area contributed by atoms with Crippen LogP contribution in [0.1, 0.15) is 79.6 Å². The summed E-state index contributed by atoms with van der Waals surface area (Å²) in [5.74, 6) is 1.32. The molecule has 3 fully saturated rings. The van der Waals surface area contributed by atoms with Gasteiger partial charge in [0.05, 0.1) is 6.10 Å². The van der Waals surface area contributed by atoms with Gasteiger partial charge in [-0.3, -0.25) is 0 Å². The first-order chi connectivity index (χ1) is 12.3. The number of ether oxygens (including phenoxy) is 3. The number of hydrogen-bond donors (Lipinski definition) is 0. The molecule has 3 heteroatoms. The zero-order valence-electron chi connectivity index (χ0n) is 17.9. The minimum atomic E-state index is 0.119. The van der Waals surface area contributed by atoms with Gasteiger partial charge >= 0.3 is 0 Å². The molecule has 26 heavy (non-hydrogen) atoms. The van der Waals surface area contributed by atoms with E-state index in [1.54, 1.807) is 0 Å². The van der Waals surface area contributed by atoms with E-state index in [9.17, 15) is 0 Å². The van der Waals surface area contributed by atoms with Crippen LogP contribution in [0.3, 0.4) is 0 Å². The summed E-state index contributed by atoms with van der Waals surface area (Å²) < 4.78 is 18.2. The molecule has 3 atom stereocenters. The Kier molecular flexibility index (Phi) is 6.41. The summed E-state index contributed by atoms with van der Waals surface area (Å²) >= 11 is 0. The maximum absolute atomic E-state index is 6.53. The monoisotopic (exact) mass is 366 g/mol. The molecule has 0 N–H and O–H groups in total. The number of hydrogen-bond acceptors (Lipinski definition) is 3. The van der Waals surface area contributed by atoms with Gasteiger partial charge in [0, 0.05) is 38.4 Å². The van der Waals surface area contributed by atoms with Crippen molar-refractivity contribution in [2.75, 3.05) is 33.0 Å². The molecular formula is C23H42O3. The summed E-state index contributed by atoms with van der Waals surface area (Å²) in [6, 6.07) is 0. The Morgan fingerprint density at radius 3 is 1.88 bits per heavy atom. The molecule has 0 aromatic rings. The molecule has 0 saturated carbocycles. The molecule has 0 aromatic carbocycles. The van der Waals surface area contributed by atoms with E-state index in [0.29, 0.717) is 17.9 Å². The molecule has 3 aliphatic heterocycles. The Hall–Kier alpha value is -0.120. The highest BCUT2D eigenvalue weighted by Crippen LogP contribution is 2.63. The van der Waals surface area contributed by atoms with E-state index >= 15 is 0 Å². The summed E-state index contributed by atoms with van der Waals surface area (Å²) in [6.45, 7) is 17.3. The summed E-state index contributed by atoms with van der Waals surface area (Å²) in [4.78, 5) is 0. The van der Waals surface area contributed by atoms with E-state index in [1.807, 2.05) is 0 Å². The predicted octanol–water partition coefficient (Wildman–Crippen LogP) is 5.47. The molecule has 3 unspecified atom stereocenters. The van der Waals surface area contributed by atoms with Crippen LogP contribution in [-0.2, 0) is 14.2 Å². The lowest BCUT2D eigenvalue weighted by molar-refractivity contribution is -0.215. The molecule has 0 aliphatic carbocycles. The quantitative estimate of drug-likeness (QED) is 0.646. The fourth-order valence-corrected chi connectivity index (χ4v) is 6.43. The van der Waals surface area contributed by atoms with Crippen LogP contribution >= 0.6 is 0 Å². The first kappa shape index (κ1) is 20.6. The van der Waals surface area contributed by atoms with Crippen molar-refractivity contribution in [2.24, 2.45) is 28.1 Å². The van der Waals surface area contributed by atoms with Crippen molar-refractivity contribution in [3.63, 3.8) is 0 Å². The van der Waals surface area contributed by atoms with Gasteiger partial charge in [-0.25, -0.2) is 0 Å². The van der Waals surface area contributed by atoms with Gasteiger partial charge in [0.2, 0.25) is 0 Å². The summed E-state index contributed by atoms with van der Waals surface area (Å²) in [5, 5.41) is 0. The Labute approximate surface area is 161 Å². The Morgan fingerprint density at radius 2 is 1.31 bits per heavy atom. The largest absolute Gasteiger partial charge is 0.381 e. The minimum Gasteiger partial charge on any atom is -0.381 e. The average Bonchev–Trinajstić information content (AvgIpc) is 2.69. The topological polar surface area (TPSA) is 27.7 Å². The van der Waals surface area contributed by atoms with Gasteiger partial charge in [0.15, 0.2) is 0 Å². The second kappa shape index (κ2) is 8.09. The van der Waals surface area contributed by atoms with Gasteiger partial charge in [0.25, 0.3) is 0 Å². The van der Waals surface area contributed by atoms with E-state index in [1.165, 1.54) is 44.9 Å². The molecule has 3 saturated heterocycles. The van der Waals surface area contributed by atoms with Gasteiger partial charge in [-0.15, -0.1) is 0 Å². The second-order valence-corrected chi connectivity index (χ2v) is 10.3. The summed E-state index contributed by atoms with van der Waals surface area (Å²) in [6.07, 6.45) is 8.95. The van der Waals surface area contributed by atoms with E-state index in [0.717, 1.165) is 33.0 Å². The molecule has 0 radical (unpaired) electrons. The lowest BCUT2D eigenvalue weighted by Gasteiger charge is -2.63. The van der Waals surface area contributed by atoms with Gasteiger partial charge in [-0.05, 0) is 67.6 Å². The van der Waals surface area contributed by atoms with E-state index in [4.69, 9.17) is 14.2 Å². The van der Waals surface area contributed by atoms with Crippen molar-refractivity contribution in [2.45, 2.75) is 85.7 Å². The van der Waals surface area contributed by atoms with Crippen LogP contribution in [0.5, 0.6) is 0 Å². The standard InChI is InChI=1S/C23H42O3/c1-21(2,18-11-15-24-16-12-18)23(5,20-10-6-7-14-26-20)22(3,4)19-9-8-13-25-17-19/h18-20H,6-17H2,1-5H3. The third kappa shape index (κ3) is 3.49. The van der Waals surface area contributed by atoms with Gasteiger partial charge < -0.3 is 14.2 Å². The summed E-state index contributed by atoms with van der Waals surface area (Å²) in [5.41, 5.74) is 0.505. The van der Waals surface area contributed by atoms with Gasteiger partial charge in [-0.2, -0.15) is 0 Å². The van der Waals surface area contributed by atoms with E-state index in [-0.39, 0.29) is 16.2 Å². The first-order valence-electron chi connectivity index (χ1n) is 11.1. The molecule has 0 bridgehead atoms. The minimum absolute atomic E-state index is 0.119. The molecule has 0 aromatic heterocycles. The van der Waals surface area contributed by atoms with Crippen LogP contribution < -0.4 is 0 Å². The maximum atomic E-state index is 6.53. The fraction of sp³-hybridized carbons (Fsp3) is 1.00. The van der Waals surface area contributed by atoms with Crippen LogP contribution in [0.25, 0.3) is 0 Å². The molecule has 0 spiro atoms. The smallest absolute Gasteiger partial charge is 0.0639 e. The highest BCUT2D eigenvalue weighted by molar-refractivity contribution is 5.08. The molecule has 3 nitrogen and oxygen atoms in total. The van der Waals surface area contributed by atoms with Crippen molar-refractivity contribution >= 4 is 0 Å². The van der Waals surface area contributed by atoms with Crippen molar-refractivity contribution in [3.8, 4) is 0 Å². The molecule has 0 amide bonds. The highest BCUT2D eigenvalue weighted by atomic mass is 16.5. The fourth-order valence-electron chi connectivity index (χ4n) is 6.43. The van der Waals surface area contributed by atoms with Crippen LogP contribution in [0, 0.1) is 28.1 Å². The molecular weight excluding hydrogens is 324 g/mol. The molecule has 152 valence electrons. The highest BCUT2D eigenvalue weighted by Gasteiger charge is 2.60. The lowest BCUT2D eigenvalue weighted by Crippen LogP contribution is -2.61. The van der Waals surface area contributed by atoms with Crippen molar-refractivity contribution < 1.29 is 14.2 Å². The third-order valence-electron chi connectivity index (χ3n) is 8.92. The van der Waals surface area contributed by atoms with Crippen molar-refractivity contribution in [1.82, 2.24) is 0 Å². The van der Waals surface area contributed by atoms with Gasteiger partial charge in [-0.1, -0.05) is 34.6 Å². The van der Waals surface area contributed by atoms with Crippen molar-refractivity contribution in [3.05, 3.63) is 0 Å². The zero-order chi connectivity index (χ0) is 18.8. The SMILES string of the molecule is CC(C)(C1CCOCC1)C(C)(C1CCCCO1)C(C)(C)C1CCCOC1. The summed E-state index contributed by atoms with van der Waals surface area (Å²) in [7, 11) is 0. The van der Waals surface area contributed by atoms with Gasteiger partial charge in [0.1, 0.15) is 0 Å². The Morgan fingerprint density at radius 1 is 0.615 bits per heavy atom. The van der Waals surface area contributed by atoms with Crippen LogP contribution in [0.4, 0.5) is 0 Å². The molecule has 3 rings (SSSR count). The van der Waals surface area contributed by atoms with Crippen LogP contribution in [-0.4, -0.2) is 39.1 Å². The molecule has 3 heterocycles. The van der Waals surface area contributed by atoms with E-state index in [2.05, 4.69) is 34.6 Å². The maximum Gasteiger partial charge on any atom is 0.0639 e. The Bertz CT molecular complexity index is 408. The number of rotatable bonds is 5. The van der Waals surface area contributed by atoms with E-state index < -0.39 is 0 Å². The van der Waals surface area contributed by atoms with Crippen molar-refractivity contribution in [1.29, 1.82) is 0 Å². The predicted molar refractivity (Wildman–Crippen MR) is 106 cm³/mol. The third-order valence-corrected chi connectivity index (χ3v) is 8.92. The lowest BCUT2D eigenvalue weighted by atomic mass is 9.44. The average molecular weight is 367 g/mol.